The van der Waals surface area contributed by atoms with Crippen molar-refractivity contribution in [2.24, 2.45) is 11.3 Å². The van der Waals surface area contributed by atoms with Crippen molar-refractivity contribution in [2.75, 3.05) is 39.3 Å². The van der Waals surface area contributed by atoms with E-state index in [0.29, 0.717) is 18.2 Å². The van der Waals surface area contributed by atoms with Crippen molar-refractivity contribution in [1.29, 1.82) is 0 Å². The van der Waals surface area contributed by atoms with E-state index in [9.17, 15) is 4.79 Å². The van der Waals surface area contributed by atoms with E-state index in [1.807, 2.05) is 13.8 Å². The van der Waals surface area contributed by atoms with Crippen LogP contribution in [0.15, 0.2) is 17.7 Å². The molecule has 0 aromatic heterocycles. The van der Waals surface area contributed by atoms with Crippen LogP contribution in [0.5, 0.6) is 11.5 Å². The summed E-state index contributed by atoms with van der Waals surface area (Å²) in [6.07, 6.45) is 18.4. The van der Waals surface area contributed by atoms with E-state index in [1.54, 1.807) is 0 Å². The van der Waals surface area contributed by atoms with Gasteiger partial charge in [-0.1, -0.05) is 51.9 Å². The van der Waals surface area contributed by atoms with Crippen molar-refractivity contribution < 1.29 is 14.3 Å². The van der Waals surface area contributed by atoms with E-state index in [0.717, 1.165) is 69.7 Å². The maximum atomic E-state index is 13.8. The number of esters is 1. The number of halogens is 2. The van der Waals surface area contributed by atoms with Gasteiger partial charge in [0.25, 0.3) is 0 Å². The van der Waals surface area contributed by atoms with E-state index in [4.69, 9.17) is 15.9 Å². The van der Waals surface area contributed by atoms with Gasteiger partial charge < -0.3 is 14.4 Å². The number of aryl methyl sites for hydroxylation is 1. The molecule has 0 saturated carbocycles. The molecule has 0 radical (unpaired) electrons. The van der Waals surface area contributed by atoms with E-state index in [-0.39, 0.29) is 30.8 Å². The minimum Gasteiger partial charge on any atom is -0.483 e. The number of benzene rings is 1. The lowest BCUT2D eigenvalue weighted by molar-refractivity contribution is -0.144. The number of hydrogen-bond donors (Lipinski definition) is 0. The number of hydrogen-bond acceptors (Lipinski definition) is 5. The van der Waals surface area contributed by atoms with Gasteiger partial charge >= 0.3 is 5.97 Å². The third-order valence-corrected chi connectivity index (χ3v) is 9.74. The SMILES string of the molecule is C#CCN1CCC2=C(C1)c1c(OC(=O)C(C)(C)CCN3CCCCC3)cc(CCC(C)CCCCC)cc1OC2(C)C.Cl.Cl. The number of piperidine rings is 1. The van der Waals surface area contributed by atoms with Crippen LogP contribution in [-0.4, -0.2) is 60.6 Å². The zero-order valence-corrected chi connectivity index (χ0v) is 29.9. The summed E-state index contributed by atoms with van der Waals surface area (Å²) in [4.78, 5) is 18.6. The summed E-state index contributed by atoms with van der Waals surface area (Å²) in [6.45, 7) is 18.5. The van der Waals surface area contributed by atoms with Crippen LogP contribution in [0.2, 0.25) is 0 Å². The Morgan fingerprint density at radius 3 is 2.50 bits per heavy atom. The molecule has 1 unspecified atom stereocenters. The Kier molecular flexibility index (Phi) is 15.1. The first-order valence-corrected chi connectivity index (χ1v) is 16.7. The topological polar surface area (TPSA) is 42.0 Å². The first-order chi connectivity index (χ1) is 20.0. The van der Waals surface area contributed by atoms with Crippen molar-refractivity contribution in [2.45, 2.75) is 118 Å². The quantitative estimate of drug-likeness (QED) is 0.0926. The number of fused-ring (bicyclic) bond motifs is 2. The van der Waals surface area contributed by atoms with Crippen LogP contribution in [0.1, 0.15) is 117 Å². The lowest BCUT2D eigenvalue weighted by Gasteiger charge is -2.42. The molecule has 1 saturated heterocycles. The van der Waals surface area contributed by atoms with Crippen molar-refractivity contribution in [3.8, 4) is 23.8 Å². The highest BCUT2D eigenvalue weighted by molar-refractivity contribution is 5.86. The molecule has 0 N–H and O–H groups in total. The molecule has 3 aliphatic heterocycles. The molecule has 44 heavy (non-hydrogen) atoms. The Morgan fingerprint density at radius 2 is 1.82 bits per heavy atom. The fourth-order valence-electron chi connectivity index (χ4n) is 6.82. The average Bonchev–Trinajstić information content (AvgIpc) is 2.95. The van der Waals surface area contributed by atoms with Gasteiger partial charge in [-0.3, -0.25) is 9.69 Å². The zero-order chi connectivity index (χ0) is 30.3. The summed E-state index contributed by atoms with van der Waals surface area (Å²) >= 11 is 0. The minimum absolute atomic E-state index is 0. The summed E-state index contributed by atoms with van der Waals surface area (Å²) in [5.41, 5.74) is 3.65. The largest absolute Gasteiger partial charge is 0.483 e. The molecule has 1 fully saturated rings. The molecule has 7 heteroatoms. The molecular formula is C37H58Cl2N2O3. The molecule has 1 atom stereocenters. The van der Waals surface area contributed by atoms with Crippen molar-refractivity contribution in [3.63, 3.8) is 0 Å². The van der Waals surface area contributed by atoms with Gasteiger partial charge in [0.1, 0.15) is 17.1 Å². The molecule has 0 spiro atoms. The molecule has 248 valence electrons. The first-order valence-electron chi connectivity index (χ1n) is 16.7. The number of nitrogens with zero attached hydrogens (tertiary/aromatic N) is 2. The van der Waals surface area contributed by atoms with Crippen molar-refractivity contribution >= 4 is 36.4 Å². The molecule has 3 heterocycles. The summed E-state index contributed by atoms with van der Waals surface area (Å²) in [7, 11) is 0. The highest BCUT2D eigenvalue weighted by Gasteiger charge is 2.40. The highest BCUT2D eigenvalue weighted by Crippen LogP contribution is 2.49. The standard InChI is InChI=1S/C37H56N2O3.2ClH/c1-8-10-12-15-28(3)16-17-29-25-32(41-35(40)36(4,5)19-24-38-21-13-11-14-22-38)34-30-27-39(20-9-2)23-18-31(30)37(6,7)42-33(34)26-29;;/h2,25-26,28H,8,10-24,27H2,1,3-7H3;2*1H. The van der Waals surface area contributed by atoms with Gasteiger partial charge in [-0.05, 0) is 121 Å². The number of carbonyl (C=O) groups is 1. The second-order valence-corrected chi connectivity index (χ2v) is 14.3. The second-order valence-electron chi connectivity index (χ2n) is 14.3. The van der Waals surface area contributed by atoms with Crippen LogP contribution in [0.3, 0.4) is 0 Å². The van der Waals surface area contributed by atoms with Crippen molar-refractivity contribution in [3.05, 3.63) is 28.8 Å². The van der Waals surface area contributed by atoms with Gasteiger partial charge in [-0.15, -0.1) is 31.2 Å². The Labute approximate surface area is 280 Å². The summed E-state index contributed by atoms with van der Waals surface area (Å²) in [6, 6.07) is 4.33. The monoisotopic (exact) mass is 648 g/mol. The molecular weight excluding hydrogens is 591 g/mol. The maximum Gasteiger partial charge on any atom is 0.316 e. The predicted octanol–water partition coefficient (Wildman–Crippen LogP) is 8.75. The fourth-order valence-corrected chi connectivity index (χ4v) is 6.82. The van der Waals surface area contributed by atoms with Crippen LogP contribution in [-0.2, 0) is 11.2 Å². The lowest BCUT2D eigenvalue weighted by Crippen LogP contribution is -2.42. The summed E-state index contributed by atoms with van der Waals surface area (Å²) in [5, 5.41) is 0. The molecule has 0 aliphatic carbocycles. The highest BCUT2D eigenvalue weighted by atomic mass is 35.5. The lowest BCUT2D eigenvalue weighted by atomic mass is 9.81. The summed E-state index contributed by atoms with van der Waals surface area (Å²) < 4.78 is 13.2. The van der Waals surface area contributed by atoms with Crippen LogP contribution >= 0.6 is 24.8 Å². The van der Waals surface area contributed by atoms with E-state index >= 15 is 0 Å². The van der Waals surface area contributed by atoms with E-state index < -0.39 is 11.0 Å². The van der Waals surface area contributed by atoms with Crippen LogP contribution < -0.4 is 9.47 Å². The minimum atomic E-state index is -0.581. The number of carbonyl (C=O) groups excluding carboxylic acids is 1. The normalized spacial score (nSPS) is 18.9. The maximum absolute atomic E-state index is 13.8. The molecule has 0 amide bonds. The van der Waals surface area contributed by atoms with Gasteiger partial charge in [0.2, 0.25) is 0 Å². The van der Waals surface area contributed by atoms with Crippen LogP contribution in [0, 0.1) is 23.7 Å². The molecule has 4 rings (SSSR count). The number of rotatable bonds is 13. The molecule has 3 aliphatic rings. The van der Waals surface area contributed by atoms with Gasteiger partial charge in [0, 0.05) is 13.1 Å². The number of terminal acetylenes is 1. The number of ether oxygens (including phenoxy) is 2. The van der Waals surface area contributed by atoms with Crippen molar-refractivity contribution in [1.82, 2.24) is 9.80 Å². The third-order valence-electron chi connectivity index (χ3n) is 9.74. The number of unbranched alkanes of at least 4 members (excludes halogenated alkanes) is 2. The van der Waals surface area contributed by atoms with Crippen LogP contribution in [0.4, 0.5) is 0 Å². The Morgan fingerprint density at radius 1 is 1.09 bits per heavy atom. The van der Waals surface area contributed by atoms with Gasteiger partial charge in [0.05, 0.1) is 17.5 Å². The number of likely N-dealkylation sites (tertiary alicyclic amines) is 1. The zero-order valence-electron chi connectivity index (χ0n) is 28.3. The van der Waals surface area contributed by atoms with E-state index in [2.05, 4.69) is 55.5 Å². The first kappa shape index (κ1) is 38.5. The Bertz CT molecular complexity index is 1160. The van der Waals surface area contributed by atoms with Crippen LogP contribution in [0.25, 0.3) is 5.57 Å². The van der Waals surface area contributed by atoms with Gasteiger partial charge in [0.15, 0.2) is 0 Å². The second kappa shape index (κ2) is 17.3. The molecule has 1 aromatic rings. The van der Waals surface area contributed by atoms with E-state index in [1.165, 1.54) is 61.7 Å². The summed E-state index contributed by atoms with van der Waals surface area (Å²) in [5.74, 6) is 4.82. The predicted molar refractivity (Wildman–Crippen MR) is 188 cm³/mol. The average molecular weight is 650 g/mol. The fraction of sp³-hybridized carbons (Fsp3) is 0.703. The smallest absolute Gasteiger partial charge is 0.316 e. The molecule has 0 bridgehead atoms. The third kappa shape index (κ3) is 9.89. The Hall–Kier alpha value is -1.71. The molecule has 5 nitrogen and oxygen atoms in total. The van der Waals surface area contributed by atoms with Gasteiger partial charge in [-0.2, -0.15) is 0 Å². The Balaban J connectivity index is 0.00000337. The molecule has 1 aromatic carbocycles. The van der Waals surface area contributed by atoms with Gasteiger partial charge in [-0.25, -0.2) is 0 Å².